The van der Waals surface area contributed by atoms with Crippen molar-refractivity contribution in [3.63, 3.8) is 0 Å². The average Bonchev–Trinajstić information content (AvgIpc) is 3.10. The van der Waals surface area contributed by atoms with Crippen molar-refractivity contribution in [2.24, 2.45) is 7.05 Å². The van der Waals surface area contributed by atoms with E-state index in [9.17, 15) is 0 Å². The lowest BCUT2D eigenvalue weighted by molar-refractivity contribution is -0.660. The Morgan fingerprint density at radius 1 is 0.633 bits per heavy atom. The predicted molar refractivity (Wildman–Crippen MR) is 126 cm³/mol. The molecule has 1 nitrogen and oxygen atoms in total. The fourth-order valence-corrected chi connectivity index (χ4v) is 5.24. The highest BCUT2D eigenvalue weighted by atomic mass is 14.9. The third-order valence-corrected chi connectivity index (χ3v) is 6.65. The van der Waals surface area contributed by atoms with E-state index in [0.717, 1.165) is 6.42 Å². The van der Waals surface area contributed by atoms with Gasteiger partial charge in [-0.15, -0.1) is 0 Å². The van der Waals surface area contributed by atoms with Crippen LogP contribution < -0.4 is 4.57 Å². The van der Waals surface area contributed by atoms with Crippen LogP contribution in [0.2, 0.25) is 0 Å². The Hall–Kier alpha value is -3.19. The molecule has 0 saturated heterocycles. The van der Waals surface area contributed by atoms with Crippen LogP contribution in [0.15, 0.2) is 66.9 Å². The lowest BCUT2D eigenvalue weighted by Gasteiger charge is -2.16. The maximum atomic E-state index is 2.38. The zero-order valence-corrected chi connectivity index (χ0v) is 18.5. The molecule has 0 spiro atoms. The quantitative estimate of drug-likeness (QED) is 0.297. The van der Waals surface area contributed by atoms with E-state index < -0.39 is 0 Å². The lowest BCUT2D eigenvalue weighted by Crippen LogP contribution is -2.32. The Bertz CT molecular complexity index is 1310. The van der Waals surface area contributed by atoms with E-state index in [1.165, 1.54) is 66.9 Å². The van der Waals surface area contributed by atoms with Crippen molar-refractivity contribution in [1.82, 2.24) is 0 Å². The van der Waals surface area contributed by atoms with Crippen molar-refractivity contribution in [2.45, 2.75) is 34.1 Å². The Kier molecular flexibility index (Phi) is 4.36. The molecule has 0 radical (unpaired) electrons. The van der Waals surface area contributed by atoms with Crippen LogP contribution in [-0.2, 0) is 13.5 Å². The SMILES string of the molecule is Cc1ccccc1-c1c[n+](C)c(-c2c(C)cc(C)c3c2Cc2ccccc2-3)cc1C. The number of aryl methyl sites for hydroxylation is 5. The van der Waals surface area contributed by atoms with Crippen LogP contribution in [0.4, 0.5) is 0 Å². The number of rotatable bonds is 2. The van der Waals surface area contributed by atoms with Gasteiger partial charge in [-0.1, -0.05) is 54.6 Å². The van der Waals surface area contributed by atoms with Gasteiger partial charge in [0.1, 0.15) is 7.05 Å². The number of benzene rings is 3. The minimum atomic E-state index is 1.02. The maximum absolute atomic E-state index is 2.38. The first kappa shape index (κ1) is 18.8. The van der Waals surface area contributed by atoms with Crippen molar-refractivity contribution in [3.05, 3.63) is 100 Å². The van der Waals surface area contributed by atoms with Gasteiger partial charge in [-0.05, 0) is 84.2 Å². The summed E-state index contributed by atoms with van der Waals surface area (Å²) in [6.45, 7) is 8.95. The summed E-state index contributed by atoms with van der Waals surface area (Å²) in [5, 5.41) is 0. The zero-order chi connectivity index (χ0) is 21.0. The van der Waals surface area contributed by atoms with Crippen LogP contribution in [-0.4, -0.2) is 0 Å². The monoisotopic (exact) mass is 390 g/mol. The maximum Gasteiger partial charge on any atom is 0.213 e. The smallest absolute Gasteiger partial charge is 0.200 e. The minimum absolute atomic E-state index is 1.02. The second-order valence-electron chi connectivity index (χ2n) is 8.75. The Morgan fingerprint density at radius 2 is 1.30 bits per heavy atom. The summed E-state index contributed by atoms with van der Waals surface area (Å²) in [6, 6.07) is 22.3. The van der Waals surface area contributed by atoms with Crippen LogP contribution >= 0.6 is 0 Å². The summed E-state index contributed by atoms with van der Waals surface area (Å²) in [5.41, 5.74) is 16.5. The number of pyridine rings is 1. The van der Waals surface area contributed by atoms with Gasteiger partial charge in [0.2, 0.25) is 5.69 Å². The molecule has 148 valence electrons. The van der Waals surface area contributed by atoms with Crippen molar-refractivity contribution < 1.29 is 4.57 Å². The van der Waals surface area contributed by atoms with Gasteiger partial charge in [0, 0.05) is 11.6 Å². The zero-order valence-electron chi connectivity index (χ0n) is 18.5. The van der Waals surface area contributed by atoms with E-state index in [2.05, 4.69) is 106 Å². The lowest BCUT2D eigenvalue weighted by atomic mass is 9.89. The van der Waals surface area contributed by atoms with E-state index in [4.69, 9.17) is 0 Å². The molecule has 0 unspecified atom stereocenters. The highest BCUT2D eigenvalue weighted by Crippen LogP contribution is 2.44. The molecule has 0 fully saturated rings. The van der Waals surface area contributed by atoms with Crippen LogP contribution in [0.25, 0.3) is 33.5 Å². The number of nitrogens with zero attached hydrogens (tertiary/aromatic N) is 1. The van der Waals surface area contributed by atoms with E-state index in [1.807, 2.05) is 0 Å². The fraction of sp³-hybridized carbons (Fsp3) is 0.207. The molecule has 0 saturated carbocycles. The number of hydrogen-bond donors (Lipinski definition) is 0. The molecule has 1 heteroatoms. The molecule has 0 bridgehead atoms. The van der Waals surface area contributed by atoms with Crippen molar-refractivity contribution >= 4 is 0 Å². The molecule has 1 heterocycles. The molecule has 0 atom stereocenters. The standard InChI is InChI=1S/C29H28N/c1-18-10-6-8-12-23(18)26-17-30(5)27(15-19(26)2)29-21(4)14-20(3)28-24-13-9-7-11-22(24)16-25(28)29/h6-15,17H,16H2,1-5H3/q+1. The van der Waals surface area contributed by atoms with E-state index >= 15 is 0 Å². The molecule has 1 aliphatic rings. The largest absolute Gasteiger partial charge is 0.213 e. The minimum Gasteiger partial charge on any atom is -0.200 e. The summed E-state index contributed by atoms with van der Waals surface area (Å²) >= 11 is 0. The third-order valence-electron chi connectivity index (χ3n) is 6.65. The van der Waals surface area contributed by atoms with E-state index in [-0.39, 0.29) is 0 Å². The topological polar surface area (TPSA) is 3.88 Å². The van der Waals surface area contributed by atoms with Gasteiger partial charge in [-0.25, -0.2) is 4.57 Å². The molecule has 1 aromatic heterocycles. The van der Waals surface area contributed by atoms with Crippen molar-refractivity contribution in [1.29, 1.82) is 0 Å². The first-order valence-electron chi connectivity index (χ1n) is 10.7. The highest BCUT2D eigenvalue weighted by Gasteiger charge is 2.28. The van der Waals surface area contributed by atoms with Gasteiger partial charge >= 0.3 is 0 Å². The summed E-state index contributed by atoms with van der Waals surface area (Å²) < 4.78 is 2.32. The number of hydrogen-bond acceptors (Lipinski definition) is 0. The normalized spacial score (nSPS) is 12.0. The summed E-state index contributed by atoms with van der Waals surface area (Å²) in [4.78, 5) is 0. The molecule has 30 heavy (non-hydrogen) atoms. The van der Waals surface area contributed by atoms with Crippen molar-refractivity contribution in [2.75, 3.05) is 0 Å². The fourth-order valence-electron chi connectivity index (χ4n) is 5.24. The summed E-state index contributed by atoms with van der Waals surface area (Å²) in [7, 11) is 2.18. The van der Waals surface area contributed by atoms with Gasteiger partial charge in [-0.3, -0.25) is 0 Å². The second kappa shape index (κ2) is 6.95. The predicted octanol–water partition coefficient (Wildman–Crippen LogP) is 6.65. The van der Waals surface area contributed by atoms with Crippen LogP contribution in [0, 0.1) is 27.7 Å². The summed E-state index contributed by atoms with van der Waals surface area (Å²) in [6.07, 6.45) is 3.32. The van der Waals surface area contributed by atoms with Crippen LogP contribution in [0.3, 0.4) is 0 Å². The van der Waals surface area contributed by atoms with Gasteiger partial charge in [0.25, 0.3) is 0 Å². The Morgan fingerprint density at radius 3 is 2.07 bits per heavy atom. The van der Waals surface area contributed by atoms with E-state index in [1.54, 1.807) is 0 Å². The number of fused-ring (bicyclic) bond motifs is 3. The van der Waals surface area contributed by atoms with Gasteiger partial charge in [0.15, 0.2) is 6.20 Å². The first-order chi connectivity index (χ1) is 14.5. The molecule has 0 N–H and O–H groups in total. The molecular formula is C29H28N+. The summed E-state index contributed by atoms with van der Waals surface area (Å²) in [5.74, 6) is 0. The molecule has 0 aliphatic heterocycles. The molecule has 4 aromatic rings. The highest BCUT2D eigenvalue weighted by molar-refractivity contribution is 5.87. The van der Waals surface area contributed by atoms with E-state index in [0.29, 0.717) is 0 Å². The molecular weight excluding hydrogens is 362 g/mol. The van der Waals surface area contributed by atoms with Crippen LogP contribution in [0.5, 0.6) is 0 Å². The van der Waals surface area contributed by atoms with Gasteiger partial charge in [-0.2, -0.15) is 0 Å². The number of aromatic nitrogens is 1. The molecule has 1 aliphatic carbocycles. The Balaban J connectivity index is 1.73. The first-order valence-corrected chi connectivity index (χ1v) is 10.7. The third kappa shape index (κ3) is 2.81. The van der Waals surface area contributed by atoms with Crippen molar-refractivity contribution in [3.8, 4) is 33.5 Å². The second-order valence-corrected chi connectivity index (χ2v) is 8.75. The Labute approximate surface area is 179 Å². The molecule has 0 amide bonds. The van der Waals surface area contributed by atoms with Crippen LogP contribution in [0.1, 0.15) is 33.4 Å². The molecule has 5 rings (SSSR count). The van der Waals surface area contributed by atoms with Gasteiger partial charge < -0.3 is 0 Å². The van der Waals surface area contributed by atoms with Gasteiger partial charge in [0.05, 0.1) is 5.56 Å². The average molecular weight is 391 g/mol. The molecule has 3 aromatic carbocycles.